The van der Waals surface area contributed by atoms with Crippen molar-refractivity contribution in [3.63, 3.8) is 0 Å². The summed E-state index contributed by atoms with van der Waals surface area (Å²) in [7, 11) is 0. The zero-order valence-corrected chi connectivity index (χ0v) is 18.3. The molecular formula is C23H28N4OS. The number of likely N-dealkylation sites (N-methyl/N-ethyl adjacent to an activating group) is 1. The summed E-state index contributed by atoms with van der Waals surface area (Å²) in [5.74, 6) is 0.949. The number of rotatable bonds is 8. The number of aryl methyl sites for hydroxylation is 1. The first-order valence-corrected chi connectivity index (χ1v) is 11.0. The molecule has 0 bridgehead atoms. The third-order valence-corrected chi connectivity index (χ3v) is 6.27. The van der Waals surface area contributed by atoms with Crippen molar-refractivity contribution in [3.05, 3.63) is 65.7 Å². The maximum atomic E-state index is 13.3. The van der Waals surface area contributed by atoms with Gasteiger partial charge >= 0.3 is 0 Å². The van der Waals surface area contributed by atoms with E-state index in [0.29, 0.717) is 13.1 Å². The highest BCUT2D eigenvalue weighted by molar-refractivity contribution is 8.00. The van der Waals surface area contributed by atoms with Crippen molar-refractivity contribution in [3.8, 4) is 11.4 Å². The summed E-state index contributed by atoms with van der Waals surface area (Å²) >= 11 is 1.48. The second kappa shape index (κ2) is 9.74. The van der Waals surface area contributed by atoms with E-state index in [1.54, 1.807) is 0 Å². The molecule has 6 heteroatoms. The van der Waals surface area contributed by atoms with Crippen LogP contribution in [-0.2, 0) is 11.3 Å². The zero-order valence-electron chi connectivity index (χ0n) is 17.5. The first kappa shape index (κ1) is 21.1. The van der Waals surface area contributed by atoms with Gasteiger partial charge in [-0.3, -0.25) is 4.79 Å². The molecule has 0 saturated carbocycles. The van der Waals surface area contributed by atoms with Gasteiger partial charge < -0.3 is 9.47 Å². The number of carbonyl (C=O) groups is 1. The van der Waals surface area contributed by atoms with Crippen molar-refractivity contribution in [1.82, 2.24) is 19.7 Å². The first-order chi connectivity index (χ1) is 14.1. The predicted octanol–water partition coefficient (Wildman–Crippen LogP) is 4.98. The topological polar surface area (TPSA) is 51.0 Å². The molecule has 152 valence electrons. The number of hydrogen-bond acceptors (Lipinski definition) is 4. The number of hydrogen-bond donors (Lipinski definition) is 0. The highest BCUT2D eigenvalue weighted by Crippen LogP contribution is 2.37. The molecule has 1 atom stereocenters. The smallest absolute Gasteiger partial charge is 0.240 e. The summed E-state index contributed by atoms with van der Waals surface area (Å²) < 4.78 is 2.10. The van der Waals surface area contributed by atoms with Gasteiger partial charge in [-0.15, -0.1) is 10.2 Å². The van der Waals surface area contributed by atoms with Gasteiger partial charge in [-0.05, 0) is 38.8 Å². The van der Waals surface area contributed by atoms with E-state index in [9.17, 15) is 4.79 Å². The fourth-order valence-electron chi connectivity index (χ4n) is 3.38. The van der Waals surface area contributed by atoms with E-state index >= 15 is 0 Å². The van der Waals surface area contributed by atoms with E-state index in [2.05, 4.69) is 40.7 Å². The van der Waals surface area contributed by atoms with Crippen molar-refractivity contribution in [2.24, 2.45) is 0 Å². The molecule has 1 aromatic heterocycles. The van der Waals surface area contributed by atoms with Gasteiger partial charge in [0.25, 0.3) is 0 Å². The number of nitrogens with zero attached hydrogens (tertiary/aromatic N) is 4. The lowest BCUT2D eigenvalue weighted by atomic mass is 10.1. The molecular weight excluding hydrogens is 380 g/mol. The average molecular weight is 409 g/mol. The standard InChI is InChI=1S/C23H28N4OS/c1-5-26(6-2)22(28)20(18-14-9-8-10-15-18)29-23-25-24-21(27(23)7-3)19-16-12-11-13-17(19)4/h8-16,20H,5-7H2,1-4H3/t20-/m1/s1. The van der Waals surface area contributed by atoms with Gasteiger partial charge in [-0.25, -0.2) is 0 Å². The molecule has 0 saturated heterocycles. The Kier molecular flexibility index (Phi) is 7.09. The molecule has 0 aliphatic heterocycles. The lowest BCUT2D eigenvalue weighted by molar-refractivity contribution is -0.130. The van der Waals surface area contributed by atoms with E-state index < -0.39 is 0 Å². The van der Waals surface area contributed by atoms with Gasteiger partial charge in [-0.2, -0.15) is 0 Å². The van der Waals surface area contributed by atoms with Crippen LogP contribution in [0.4, 0.5) is 0 Å². The average Bonchev–Trinajstić information content (AvgIpc) is 3.16. The number of amides is 1. The van der Waals surface area contributed by atoms with Crippen LogP contribution in [0.2, 0.25) is 0 Å². The summed E-state index contributed by atoms with van der Waals surface area (Å²) in [6.07, 6.45) is 0. The highest BCUT2D eigenvalue weighted by atomic mass is 32.2. The molecule has 5 nitrogen and oxygen atoms in total. The van der Waals surface area contributed by atoms with Gasteiger partial charge in [0.15, 0.2) is 11.0 Å². The quantitative estimate of drug-likeness (QED) is 0.494. The lowest BCUT2D eigenvalue weighted by Gasteiger charge is -2.25. The molecule has 3 aromatic rings. The summed E-state index contributed by atoms with van der Waals surface area (Å²) in [5, 5.41) is 9.36. The van der Waals surface area contributed by atoms with Gasteiger partial charge in [0.2, 0.25) is 5.91 Å². The number of benzene rings is 2. The van der Waals surface area contributed by atoms with Gasteiger partial charge in [0.1, 0.15) is 5.25 Å². The molecule has 0 unspecified atom stereocenters. The minimum Gasteiger partial charge on any atom is -0.342 e. The summed E-state index contributed by atoms with van der Waals surface area (Å²) in [4.78, 5) is 15.2. The van der Waals surface area contributed by atoms with Gasteiger partial charge in [0, 0.05) is 25.2 Å². The Balaban J connectivity index is 2.00. The molecule has 1 amide bonds. The molecule has 0 spiro atoms. The van der Waals surface area contributed by atoms with E-state index in [-0.39, 0.29) is 11.2 Å². The minimum atomic E-state index is -0.352. The number of aromatic nitrogens is 3. The Labute approximate surface area is 177 Å². The molecule has 0 aliphatic rings. The van der Waals surface area contributed by atoms with Crippen LogP contribution in [0.1, 0.15) is 37.1 Å². The van der Waals surface area contributed by atoms with Crippen LogP contribution in [0.3, 0.4) is 0 Å². The van der Waals surface area contributed by atoms with Crippen molar-refractivity contribution in [2.75, 3.05) is 13.1 Å². The Morgan fingerprint density at radius 3 is 2.28 bits per heavy atom. The van der Waals surface area contributed by atoms with E-state index in [1.165, 1.54) is 11.8 Å². The van der Waals surface area contributed by atoms with E-state index in [4.69, 9.17) is 0 Å². The van der Waals surface area contributed by atoms with Crippen LogP contribution >= 0.6 is 11.8 Å². The van der Waals surface area contributed by atoms with Crippen molar-refractivity contribution in [2.45, 2.75) is 44.6 Å². The fourth-order valence-corrected chi connectivity index (χ4v) is 4.56. The third-order valence-electron chi connectivity index (χ3n) is 5.04. The Morgan fingerprint density at radius 2 is 1.66 bits per heavy atom. The normalized spacial score (nSPS) is 12.0. The summed E-state index contributed by atoms with van der Waals surface area (Å²) in [6, 6.07) is 18.1. The molecule has 0 N–H and O–H groups in total. The second-order valence-corrected chi connectivity index (χ2v) is 7.86. The Morgan fingerprint density at radius 1 is 1.00 bits per heavy atom. The zero-order chi connectivity index (χ0) is 20.8. The number of carbonyl (C=O) groups excluding carboxylic acids is 1. The molecule has 0 aliphatic carbocycles. The summed E-state index contributed by atoms with van der Waals surface area (Å²) in [5.41, 5.74) is 3.21. The molecule has 0 fully saturated rings. The fraction of sp³-hybridized carbons (Fsp3) is 0.348. The van der Waals surface area contributed by atoms with Gasteiger partial charge in [0.05, 0.1) is 0 Å². The van der Waals surface area contributed by atoms with Gasteiger partial charge in [-0.1, -0.05) is 66.4 Å². The van der Waals surface area contributed by atoms with Crippen molar-refractivity contribution < 1.29 is 4.79 Å². The first-order valence-electron chi connectivity index (χ1n) is 10.1. The van der Waals surface area contributed by atoms with Crippen LogP contribution in [0.5, 0.6) is 0 Å². The second-order valence-electron chi connectivity index (χ2n) is 6.78. The monoisotopic (exact) mass is 408 g/mol. The molecule has 0 radical (unpaired) electrons. The van der Waals surface area contributed by atoms with Crippen molar-refractivity contribution in [1.29, 1.82) is 0 Å². The van der Waals surface area contributed by atoms with Crippen LogP contribution in [0.25, 0.3) is 11.4 Å². The third kappa shape index (κ3) is 4.53. The molecule has 2 aromatic carbocycles. The maximum Gasteiger partial charge on any atom is 0.240 e. The van der Waals surface area contributed by atoms with Crippen molar-refractivity contribution >= 4 is 17.7 Å². The van der Waals surface area contributed by atoms with Crippen LogP contribution < -0.4 is 0 Å². The Bertz CT molecular complexity index is 951. The molecule has 29 heavy (non-hydrogen) atoms. The predicted molar refractivity (Wildman–Crippen MR) is 119 cm³/mol. The van der Waals surface area contributed by atoms with Crippen LogP contribution in [0.15, 0.2) is 59.8 Å². The Hall–Kier alpha value is -2.60. The molecule has 3 rings (SSSR count). The highest BCUT2D eigenvalue weighted by Gasteiger charge is 2.28. The lowest BCUT2D eigenvalue weighted by Crippen LogP contribution is -2.34. The van der Waals surface area contributed by atoms with E-state index in [0.717, 1.165) is 34.2 Å². The summed E-state index contributed by atoms with van der Waals surface area (Å²) in [6.45, 7) is 10.3. The van der Waals surface area contributed by atoms with E-state index in [1.807, 2.05) is 61.2 Å². The maximum absolute atomic E-state index is 13.3. The molecule has 1 heterocycles. The SMILES string of the molecule is CCN(CC)C(=O)[C@H](Sc1nnc(-c2ccccc2C)n1CC)c1ccccc1. The number of thioether (sulfide) groups is 1. The largest absolute Gasteiger partial charge is 0.342 e. The minimum absolute atomic E-state index is 0.106. The van der Waals surface area contributed by atoms with Crippen LogP contribution in [-0.4, -0.2) is 38.7 Å². The van der Waals surface area contributed by atoms with Crippen LogP contribution in [0, 0.1) is 6.92 Å².